The number of aromatic nitrogens is 3. The van der Waals surface area contributed by atoms with Gasteiger partial charge in [-0.05, 0) is 16.7 Å². The molecular formula is C30H31N3O6. The van der Waals surface area contributed by atoms with Gasteiger partial charge in [-0.25, -0.2) is 9.48 Å². The highest BCUT2D eigenvalue weighted by molar-refractivity contribution is 5.86. The van der Waals surface area contributed by atoms with Gasteiger partial charge in [0.15, 0.2) is 11.9 Å². The second kappa shape index (κ2) is 13.3. The molecule has 0 saturated carbocycles. The molecule has 0 unspecified atom stereocenters. The van der Waals surface area contributed by atoms with Crippen molar-refractivity contribution >= 4 is 5.97 Å². The maximum Gasteiger partial charge on any atom is 0.360 e. The number of methoxy groups -OCH3 is 1. The summed E-state index contributed by atoms with van der Waals surface area (Å²) in [5, 5.41) is 8.11. The molecule has 3 aromatic carbocycles. The number of rotatable bonds is 12. The fourth-order valence-corrected chi connectivity index (χ4v) is 4.43. The van der Waals surface area contributed by atoms with Crippen LogP contribution in [0.15, 0.2) is 97.2 Å². The minimum atomic E-state index is -0.703. The molecule has 0 aliphatic carbocycles. The van der Waals surface area contributed by atoms with Crippen LogP contribution in [0.4, 0.5) is 0 Å². The molecule has 0 spiro atoms. The maximum atomic E-state index is 12.0. The summed E-state index contributed by atoms with van der Waals surface area (Å²) < 4.78 is 31.7. The van der Waals surface area contributed by atoms with Crippen LogP contribution in [-0.4, -0.2) is 53.0 Å². The lowest BCUT2D eigenvalue weighted by molar-refractivity contribution is -0.0936. The van der Waals surface area contributed by atoms with Crippen LogP contribution in [0.3, 0.4) is 0 Å². The Bertz CT molecular complexity index is 1300. The van der Waals surface area contributed by atoms with Crippen LogP contribution in [-0.2, 0) is 43.5 Å². The van der Waals surface area contributed by atoms with Gasteiger partial charge in [0.2, 0.25) is 0 Å². The van der Waals surface area contributed by atoms with Crippen molar-refractivity contribution in [3.05, 3.63) is 120 Å². The zero-order chi connectivity index (χ0) is 26.9. The first-order chi connectivity index (χ1) is 19.2. The molecule has 4 atom stereocenters. The van der Waals surface area contributed by atoms with Crippen molar-refractivity contribution in [3.8, 4) is 0 Å². The highest BCUT2D eigenvalue weighted by atomic mass is 16.6. The van der Waals surface area contributed by atoms with Crippen molar-refractivity contribution in [2.45, 2.75) is 44.4 Å². The summed E-state index contributed by atoms with van der Waals surface area (Å²) in [6.45, 7) is 1.41. The van der Waals surface area contributed by atoms with Gasteiger partial charge in [-0.15, -0.1) is 5.10 Å². The Morgan fingerprint density at radius 3 is 1.90 bits per heavy atom. The van der Waals surface area contributed by atoms with Gasteiger partial charge in [0.25, 0.3) is 0 Å². The van der Waals surface area contributed by atoms with Crippen molar-refractivity contribution in [1.29, 1.82) is 0 Å². The molecule has 39 heavy (non-hydrogen) atoms. The first-order valence-electron chi connectivity index (χ1n) is 12.8. The molecule has 1 fully saturated rings. The minimum Gasteiger partial charge on any atom is -0.464 e. The third-order valence-electron chi connectivity index (χ3n) is 6.42. The third-order valence-corrected chi connectivity index (χ3v) is 6.42. The summed E-state index contributed by atoms with van der Waals surface area (Å²) >= 11 is 0. The van der Waals surface area contributed by atoms with Crippen molar-refractivity contribution < 1.29 is 28.5 Å². The van der Waals surface area contributed by atoms with E-state index >= 15 is 0 Å². The molecule has 9 heteroatoms. The van der Waals surface area contributed by atoms with Crippen LogP contribution in [0.5, 0.6) is 0 Å². The predicted octanol–water partition coefficient (Wildman–Crippen LogP) is 4.35. The number of hydrogen-bond donors (Lipinski definition) is 0. The topological polar surface area (TPSA) is 93.9 Å². The van der Waals surface area contributed by atoms with Gasteiger partial charge in [-0.1, -0.05) is 96.2 Å². The van der Waals surface area contributed by atoms with Crippen LogP contribution in [0.2, 0.25) is 0 Å². The number of ether oxygens (including phenoxy) is 5. The van der Waals surface area contributed by atoms with Crippen molar-refractivity contribution in [3.63, 3.8) is 0 Å². The van der Waals surface area contributed by atoms with E-state index in [9.17, 15) is 4.79 Å². The van der Waals surface area contributed by atoms with Gasteiger partial charge in [0.1, 0.15) is 18.3 Å². The Morgan fingerprint density at radius 2 is 1.33 bits per heavy atom. The van der Waals surface area contributed by atoms with E-state index in [0.29, 0.717) is 19.8 Å². The van der Waals surface area contributed by atoms with E-state index < -0.39 is 30.5 Å². The first-order valence-corrected chi connectivity index (χ1v) is 12.8. The molecule has 1 aliphatic heterocycles. The summed E-state index contributed by atoms with van der Waals surface area (Å²) in [5.41, 5.74) is 3.18. The molecule has 2 heterocycles. The maximum absolute atomic E-state index is 12.0. The van der Waals surface area contributed by atoms with Crippen LogP contribution < -0.4 is 0 Å². The lowest BCUT2D eigenvalue weighted by atomic mass is 10.1. The van der Waals surface area contributed by atoms with Gasteiger partial charge in [-0.3, -0.25) is 0 Å². The molecule has 9 nitrogen and oxygen atoms in total. The Morgan fingerprint density at radius 1 is 0.795 bits per heavy atom. The summed E-state index contributed by atoms with van der Waals surface area (Å²) in [4.78, 5) is 12.0. The number of carbonyl (C=O) groups excluding carboxylic acids is 1. The standard InChI is InChI=1S/C30H31N3O6/c1-35-30(34)25-17-33(32-31-25)29-28(38-20-24-15-9-4-10-16-24)27(37-19-23-13-7-3-8-14-23)26(39-29)21-36-18-22-11-5-2-6-12-22/h2-17,26-29H,18-21H2,1H3/t26-,27-,28-,29-/m1/s1. The monoisotopic (exact) mass is 529 g/mol. The smallest absolute Gasteiger partial charge is 0.360 e. The summed E-state index contributed by atoms with van der Waals surface area (Å²) in [6.07, 6.45) is -0.719. The molecule has 0 N–H and O–H groups in total. The van der Waals surface area contributed by atoms with Crippen LogP contribution >= 0.6 is 0 Å². The number of esters is 1. The fourth-order valence-electron chi connectivity index (χ4n) is 4.43. The van der Waals surface area contributed by atoms with E-state index in [4.69, 9.17) is 23.7 Å². The second-order valence-corrected chi connectivity index (χ2v) is 9.16. The van der Waals surface area contributed by atoms with E-state index in [-0.39, 0.29) is 12.3 Å². The predicted molar refractivity (Wildman–Crippen MR) is 141 cm³/mol. The zero-order valence-electron chi connectivity index (χ0n) is 21.7. The molecule has 4 aromatic rings. The molecular weight excluding hydrogens is 498 g/mol. The molecule has 202 valence electrons. The van der Waals surface area contributed by atoms with E-state index in [1.165, 1.54) is 18.0 Å². The average Bonchev–Trinajstić information content (AvgIpc) is 3.61. The van der Waals surface area contributed by atoms with Crippen molar-refractivity contribution in [2.24, 2.45) is 0 Å². The van der Waals surface area contributed by atoms with Gasteiger partial charge in [0, 0.05) is 0 Å². The Hall–Kier alpha value is -3.89. The zero-order valence-corrected chi connectivity index (χ0v) is 21.7. The minimum absolute atomic E-state index is 0.0773. The highest BCUT2D eigenvalue weighted by Gasteiger charge is 2.48. The highest BCUT2D eigenvalue weighted by Crippen LogP contribution is 2.35. The summed E-state index contributed by atoms with van der Waals surface area (Å²) in [5.74, 6) is -0.583. The van der Waals surface area contributed by atoms with Crippen molar-refractivity contribution in [1.82, 2.24) is 15.0 Å². The summed E-state index contributed by atoms with van der Waals surface area (Å²) in [7, 11) is 1.30. The normalized spacial score (nSPS) is 20.6. The quantitative estimate of drug-likeness (QED) is 0.250. The number of carbonyl (C=O) groups is 1. The molecule has 1 aromatic heterocycles. The van der Waals surface area contributed by atoms with E-state index in [1.807, 2.05) is 91.0 Å². The van der Waals surface area contributed by atoms with E-state index in [1.54, 1.807) is 0 Å². The third kappa shape index (κ3) is 6.96. The van der Waals surface area contributed by atoms with Crippen LogP contribution in [0.1, 0.15) is 33.4 Å². The molecule has 0 bridgehead atoms. The molecule has 5 rings (SSSR count). The average molecular weight is 530 g/mol. The fraction of sp³-hybridized carbons (Fsp3) is 0.300. The molecule has 1 saturated heterocycles. The van der Waals surface area contributed by atoms with Crippen LogP contribution in [0.25, 0.3) is 0 Å². The van der Waals surface area contributed by atoms with Crippen LogP contribution in [0, 0.1) is 0 Å². The summed E-state index contributed by atoms with van der Waals surface area (Å²) in [6, 6.07) is 29.7. The SMILES string of the molecule is COC(=O)c1cn([C@@H]2O[C@H](COCc3ccccc3)[C@@H](OCc3ccccc3)[C@H]2OCc2ccccc2)nn1. The first kappa shape index (κ1) is 26.7. The molecule has 1 aliphatic rings. The Balaban J connectivity index is 1.38. The lowest BCUT2D eigenvalue weighted by Crippen LogP contribution is -2.38. The van der Waals surface area contributed by atoms with E-state index in [2.05, 4.69) is 10.3 Å². The number of benzene rings is 3. The Kier molecular flexibility index (Phi) is 9.08. The molecule has 0 amide bonds. The van der Waals surface area contributed by atoms with Gasteiger partial charge < -0.3 is 23.7 Å². The van der Waals surface area contributed by atoms with E-state index in [0.717, 1.165) is 16.7 Å². The van der Waals surface area contributed by atoms with Gasteiger partial charge >= 0.3 is 5.97 Å². The van der Waals surface area contributed by atoms with Crippen molar-refractivity contribution in [2.75, 3.05) is 13.7 Å². The molecule has 0 radical (unpaired) electrons. The number of nitrogens with zero attached hydrogens (tertiary/aromatic N) is 3. The lowest BCUT2D eigenvalue weighted by Gasteiger charge is -2.25. The largest absolute Gasteiger partial charge is 0.464 e. The van der Waals surface area contributed by atoms with Gasteiger partial charge in [-0.2, -0.15) is 0 Å². The van der Waals surface area contributed by atoms with Gasteiger partial charge in [0.05, 0.1) is 39.7 Å². The number of hydrogen-bond acceptors (Lipinski definition) is 8. The Labute approximate surface area is 227 Å². The second-order valence-electron chi connectivity index (χ2n) is 9.16.